The number of likely N-dealkylation sites (N-methyl/N-ethyl adjacent to an activating group) is 1. The standard InChI is InChI=1S/C24H27N9O8S2/c1-24(28-18(36)15(29-41-3)17-27-23(25)43-30-17)21(40)32-16(20(38)39)12(10-42-22(24)32)33(2)6-4-31(5-7-33)19(37)11-8-13(34)14(35)9-26-11/h8-9,22H,4-7,10H2,1-3H3,(H5-,25,26,27,28,29,30,34,35,36,37,38,39)/t22-,24+/m0/s1. The Morgan fingerprint density at radius 3 is 2.60 bits per heavy atom. The van der Waals surface area contributed by atoms with E-state index < -0.39 is 45.8 Å². The number of rotatable bonds is 7. The van der Waals surface area contributed by atoms with Crippen LogP contribution in [0.1, 0.15) is 23.2 Å². The Labute approximate surface area is 251 Å². The minimum atomic E-state index is -1.54. The molecule has 0 bridgehead atoms. The topological polar surface area (TPSA) is 236 Å². The summed E-state index contributed by atoms with van der Waals surface area (Å²) in [6.45, 7) is 2.59. The highest BCUT2D eigenvalue weighted by atomic mass is 32.2. The van der Waals surface area contributed by atoms with Crippen molar-refractivity contribution in [1.82, 2.24) is 29.5 Å². The minimum Gasteiger partial charge on any atom is -0.543 e. The molecular weight excluding hydrogens is 606 g/mol. The molecular formula is C24H27N9O8S2. The van der Waals surface area contributed by atoms with Crippen LogP contribution < -0.4 is 21.6 Å². The summed E-state index contributed by atoms with van der Waals surface area (Å²) >= 11 is 2.13. The molecule has 2 saturated heterocycles. The molecule has 19 heteroatoms. The SMILES string of the molecule is CON=C(C(=O)N[C@]1(C)C(=O)N2C(C(=O)[O-])=C([N+]3(C)CCN(C(=O)c4cc(=O)c(O)c[nH]4)CC3)CS[C@H]21)c1nsc(N)n1. The lowest BCUT2D eigenvalue weighted by Crippen LogP contribution is -2.79. The number of piperazine rings is 1. The first-order chi connectivity index (χ1) is 20.3. The number of aromatic amines is 1. The molecule has 3 amide bonds. The van der Waals surface area contributed by atoms with Crippen molar-refractivity contribution in [3.8, 4) is 5.75 Å². The second-order valence-corrected chi connectivity index (χ2v) is 12.2. The lowest BCUT2D eigenvalue weighted by Gasteiger charge is -2.57. The van der Waals surface area contributed by atoms with Crippen LogP contribution >= 0.6 is 23.3 Å². The maximum atomic E-state index is 13.5. The van der Waals surface area contributed by atoms with E-state index in [9.17, 15) is 34.2 Å². The van der Waals surface area contributed by atoms with Crippen molar-refractivity contribution < 1.29 is 38.7 Å². The van der Waals surface area contributed by atoms with Gasteiger partial charge in [-0.05, 0) is 6.92 Å². The number of β-lactam (4-membered cyclic amide) rings is 1. The molecule has 0 radical (unpaired) electrons. The third-order valence-corrected chi connectivity index (χ3v) is 9.67. The molecule has 0 aromatic carbocycles. The summed E-state index contributed by atoms with van der Waals surface area (Å²) in [6, 6.07) is 1.02. The fourth-order valence-corrected chi connectivity index (χ4v) is 7.30. The number of nitrogens with zero attached hydrogens (tertiary/aromatic N) is 6. The van der Waals surface area contributed by atoms with Crippen LogP contribution in [-0.4, -0.2) is 120 Å². The minimum absolute atomic E-state index is 0.0184. The summed E-state index contributed by atoms with van der Waals surface area (Å²) in [5.74, 6) is -3.82. The Kier molecular flexibility index (Phi) is 7.65. The van der Waals surface area contributed by atoms with Crippen LogP contribution in [0, 0.1) is 0 Å². The summed E-state index contributed by atoms with van der Waals surface area (Å²) in [5, 5.41) is 27.6. The van der Waals surface area contributed by atoms with Crippen molar-refractivity contribution in [2.24, 2.45) is 5.16 Å². The monoisotopic (exact) mass is 633 g/mol. The van der Waals surface area contributed by atoms with Gasteiger partial charge in [-0.15, -0.1) is 11.8 Å². The number of amides is 3. The van der Waals surface area contributed by atoms with E-state index in [2.05, 4.69) is 24.8 Å². The van der Waals surface area contributed by atoms with Crippen molar-refractivity contribution in [3.05, 3.63) is 45.4 Å². The zero-order chi connectivity index (χ0) is 31.3. The number of pyridine rings is 1. The number of fused-ring (bicyclic) bond motifs is 1. The molecule has 3 aliphatic rings. The summed E-state index contributed by atoms with van der Waals surface area (Å²) in [6.07, 6.45) is 1.05. The summed E-state index contributed by atoms with van der Waals surface area (Å²) in [5.41, 5.74) is 3.32. The number of carboxylic acid groups (broad SMARTS) is 1. The highest BCUT2D eigenvalue weighted by Gasteiger charge is 2.63. The van der Waals surface area contributed by atoms with Crippen LogP contribution in [0.3, 0.4) is 0 Å². The summed E-state index contributed by atoms with van der Waals surface area (Å²) in [4.78, 5) is 77.8. The van der Waals surface area contributed by atoms with Gasteiger partial charge in [0.15, 0.2) is 10.9 Å². The Morgan fingerprint density at radius 2 is 2.02 bits per heavy atom. The van der Waals surface area contributed by atoms with Crippen LogP contribution in [0.5, 0.6) is 5.75 Å². The van der Waals surface area contributed by atoms with Crippen molar-refractivity contribution in [3.63, 3.8) is 0 Å². The Hall–Kier alpha value is -4.49. The highest BCUT2D eigenvalue weighted by molar-refractivity contribution is 8.00. The smallest absolute Gasteiger partial charge is 0.278 e. The number of anilines is 1. The number of carboxylic acids is 1. The van der Waals surface area contributed by atoms with Crippen LogP contribution in [0.2, 0.25) is 0 Å². The molecule has 2 aromatic heterocycles. The van der Waals surface area contributed by atoms with Crippen LogP contribution in [0.4, 0.5) is 5.13 Å². The molecule has 2 aromatic rings. The average molecular weight is 634 g/mol. The zero-order valence-electron chi connectivity index (χ0n) is 23.1. The highest BCUT2D eigenvalue weighted by Crippen LogP contribution is 2.47. The van der Waals surface area contributed by atoms with Gasteiger partial charge in [0.2, 0.25) is 17.0 Å². The Balaban J connectivity index is 1.34. The molecule has 2 atom stereocenters. The molecule has 0 spiro atoms. The molecule has 0 saturated carbocycles. The van der Waals surface area contributed by atoms with Crippen molar-refractivity contribution in [2.75, 3.05) is 51.8 Å². The number of oxime groups is 1. The predicted octanol–water partition coefficient (Wildman–Crippen LogP) is -2.78. The number of carbonyl (C=O) groups excluding carboxylic acids is 4. The van der Waals surface area contributed by atoms with Crippen LogP contribution in [-0.2, 0) is 19.2 Å². The normalized spacial score (nSPS) is 23.4. The molecule has 17 nitrogen and oxygen atoms in total. The molecule has 3 aliphatic heterocycles. The number of hydrogen-bond donors (Lipinski definition) is 4. The van der Waals surface area contributed by atoms with Gasteiger partial charge < -0.3 is 40.8 Å². The van der Waals surface area contributed by atoms with E-state index in [1.165, 1.54) is 30.7 Å². The summed E-state index contributed by atoms with van der Waals surface area (Å²) < 4.78 is 4.10. The van der Waals surface area contributed by atoms with Gasteiger partial charge in [-0.2, -0.15) is 9.36 Å². The number of thioether (sulfide) groups is 1. The van der Waals surface area contributed by atoms with E-state index in [-0.39, 0.29) is 51.4 Å². The predicted molar refractivity (Wildman–Crippen MR) is 150 cm³/mol. The quantitative estimate of drug-likeness (QED) is 0.105. The molecule has 2 fully saturated rings. The van der Waals surface area contributed by atoms with Gasteiger partial charge in [-0.1, -0.05) is 5.16 Å². The number of aromatic nitrogens is 3. The van der Waals surface area contributed by atoms with E-state index in [4.69, 9.17) is 10.6 Å². The molecule has 43 heavy (non-hydrogen) atoms. The van der Waals surface area contributed by atoms with Gasteiger partial charge >= 0.3 is 0 Å². The number of hydrogen-bond acceptors (Lipinski definition) is 14. The number of H-pyrrole nitrogens is 1. The number of nitrogens with two attached hydrogens (primary N) is 1. The third kappa shape index (κ3) is 5.08. The van der Waals surface area contributed by atoms with Crippen molar-refractivity contribution >= 4 is 57.8 Å². The molecule has 5 N–H and O–H groups in total. The van der Waals surface area contributed by atoms with Gasteiger partial charge in [-0.3, -0.25) is 28.6 Å². The number of nitrogen functional groups attached to an aromatic ring is 1. The second kappa shape index (κ2) is 11.0. The maximum absolute atomic E-state index is 13.5. The first-order valence-corrected chi connectivity index (χ1v) is 14.6. The average Bonchev–Trinajstić information content (AvgIpc) is 3.41. The molecule has 5 rings (SSSR count). The molecule has 0 aliphatic carbocycles. The lowest BCUT2D eigenvalue weighted by molar-refractivity contribution is -0.876. The van der Waals surface area contributed by atoms with Crippen LogP contribution in [0.15, 0.2) is 33.6 Å². The Bertz CT molecular complexity index is 1640. The zero-order valence-corrected chi connectivity index (χ0v) is 24.8. The van der Waals surface area contributed by atoms with E-state index >= 15 is 0 Å². The van der Waals surface area contributed by atoms with E-state index in [1.54, 1.807) is 0 Å². The number of nitrogens with one attached hydrogen (secondary N) is 2. The van der Waals surface area contributed by atoms with Crippen molar-refractivity contribution in [1.29, 1.82) is 0 Å². The number of aliphatic carboxylic acids is 1. The van der Waals surface area contributed by atoms with Gasteiger partial charge in [0, 0.05) is 23.8 Å². The van der Waals surface area contributed by atoms with Crippen LogP contribution in [0.25, 0.3) is 0 Å². The van der Waals surface area contributed by atoms with E-state index in [0.29, 0.717) is 18.8 Å². The fraction of sp³-hybridized carbons (Fsp3) is 0.417. The lowest BCUT2D eigenvalue weighted by atomic mass is 9.88. The third-order valence-electron chi connectivity index (χ3n) is 7.69. The molecule has 228 valence electrons. The van der Waals surface area contributed by atoms with E-state index in [0.717, 1.165) is 28.7 Å². The largest absolute Gasteiger partial charge is 0.543 e. The molecule has 0 unspecified atom stereocenters. The fourth-order valence-electron chi connectivity index (χ4n) is 5.26. The van der Waals surface area contributed by atoms with Gasteiger partial charge in [0.05, 0.1) is 31.9 Å². The number of quaternary nitrogens is 1. The number of aromatic hydroxyl groups is 1. The second-order valence-electron chi connectivity index (χ2n) is 10.4. The van der Waals surface area contributed by atoms with Gasteiger partial charge in [0.1, 0.15) is 48.2 Å². The van der Waals surface area contributed by atoms with Gasteiger partial charge in [-0.25, -0.2) is 0 Å². The van der Waals surface area contributed by atoms with Gasteiger partial charge in [0.25, 0.3) is 17.7 Å². The molecule has 5 heterocycles. The number of carbonyl (C=O) groups is 4. The summed E-state index contributed by atoms with van der Waals surface area (Å²) in [7, 11) is 3.04. The van der Waals surface area contributed by atoms with E-state index in [1.807, 2.05) is 7.05 Å². The maximum Gasteiger partial charge on any atom is 0.278 e. The first-order valence-electron chi connectivity index (χ1n) is 12.8. The Morgan fingerprint density at radius 1 is 1.33 bits per heavy atom. The first kappa shape index (κ1) is 30.0. The van der Waals surface area contributed by atoms with Crippen molar-refractivity contribution in [2.45, 2.75) is 17.8 Å².